The van der Waals surface area contributed by atoms with Crippen molar-refractivity contribution in [1.29, 1.82) is 0 Å². The minimum Gasteiger partial charge on any atom is -0.380 e. The molecule has 1 aromatic carbocycles. The van der Waals surface area contributed by atoms with Crippen molar-refractivity contribution in [3.8, 4) is 0 Å². The molecule has 6 heteroatoms. The number of hydrogen-bond donors (Lipinski definition) is 1. The summed E-state index contributed by atoms with van der Waals surface area (Å²) in [5.74, 6) is 1.03. The summed E-state index contributed by atoms with van der Waals surface area (Å²) in [6.45, 7) is 7.63. The number of carbonyl (C=O) groups excluding carboxylic acids is 1. The molecule has 0 saturated carbocycles. The van der Waals surface area contributed by atoms with Crippen molar-refractivity contribution in [3.05, 3.63) is 30.1 Å². The molecule has 6 nitrogen and oxygen atoms in total. The van der Waals surface area contributed by atoms with Crippen LogP contribution in [0, 0.1) is 5.41 Å². The van der Waals surface area contributed by atoms with E-state index in [2.05, 4.69) is 27.8 Å². The monoisotopic (exact) mass is 356 g/mol. The number of benzene rings is 1. The van der Waals surface area contributed by atoms with Gasteiger partial charge in [0.15, 0.2) is 0 Å². The minimum atomic E-state index is 0.0428. The molecule has 0 aliphatic carbocycles. The summed E-state index contributed by atoms with van der Waals surface area (Å²) in [7, 11) is 0. The number of carbonyl (C=O) groups is 1. The molecule has 0 unspecified atom stereocenters. The lowest BCUT2D eigenvalue weighted by atomic mass is 9.89. The van der Waals surface area contributed by atoms with Gasteiger partial charge in [-0.1, -0.05) is 25.5 Å². The Kier molecular flexibility index (Phi) is 4.96. The summed E-state index contributed by atoms with van der Waals surface area (Å²) in [6, 6.07) is 8.09. The fourth-order valence-electron chi connectivity index (χ4n) is 3.80. The Hall–Kier alpha value is -1.92. The number of amides is 1. The first-order valence-electron chi connectivity index (χ1n) is 9.64. The first kappa shape index (κ1) is 17.5. The van der Waals surface area contributed by atoms with Crippen LogP contribution < -0.4 is 5.32 Å². The predicted molar refractivity (Wildman–Crippen MR) is 101 cm³/mol. The van der Waals surface area contributed by atoms with Gasteiger partial charge >= 0.3 is 0 Å². The number of ether oxygens (including phenoxy) is 1. The third-order valence-electron chi connectivity index (χ3n) is 5.46. The number of imidazole rings is 1. The maximum Gasteiger partial charge on any atom is 0.240 e. The van der Waals surface area contributed by atoms with E-state index < -0.39 is 0 Å². The molecule has 1 aromatic heterocycles. The highest BCUT2D eigenvalue weighted by atomic mass is 16.5. The van der Waals surface area contributed by atoms with Crippen molar-refractivity contribution in [2.75, 3.05) is 32.8 Å². The van der Waals surface area contributed by atoms with Crippen LogP contribution in [0.4, 0.5) is 0 Å². The summed E-state index contributed by atoms with van der Waals surface area (Å²) in [5, 5.41) is 3.08. The van der Waals surface area contributed by atoms with Crippen LogP contribution >= 0.6 is 0 Å². The quantitative estimate of drug-likeness (QED) is 0.862. The Morgan fingerprint density at radius 2 is 2.00 bits per heavy atom. The fraction of sp³-hybridized carbons (Fsp3) is 0.600. The van der Waals surface area contributed by atoms with Gasteiger partial charge in [0.05, 0.1) is 30.8 Å². The van der Waals surface area contributed by atoms with Gasteiger partial charge in [-0.25, -0.2) is 4.98 Å². The molecule has 1 N–H and O–H groups in total. The molecule has 0 radical (unpaired) electrons. The molecular formula is C20H28N4O2. The van der Waals surface area contributed by atoms with E-state index in [0.717, 1.165) is 49.7 Å². The van der Waals surface area contributed by atoms with Gasteiger partial charge in [-0.2, -0.15) is 0 Å². The lowest BCUT2D eigenvalue weighted by molar-refractivity contribution is -0.127. The highest BCUT2D eigenvalue weighted by Crippen LogP contribution is 2.25. The van der Waals surface area contributed by atoms with Gasteiger partial charge < -0.3 is 14.6 Å². The number of likely N-dealkylation sites (tertiary alicyclic amines) is 1. The maximum absolute atomic E-state index is 12.6. The lowest BCUT2D eigenvalue weighted by Gasteiger charge is -2.38. The summed E-state index contributed by atoms with van der Waals surface area (Å²) in [4.78, 5) is 19.8. The second-order valence-corrected chi connectivity index (χ2v) is 8.02. The van der Waals surface area contributed by atoms with Crippen LogP contribution in [0.15, 0.2) is 24.3 Å². The van der Waals surface area contributed by atoms with Crippen LogP contribution in [0.5, 0.6) is 0 Å². The third kappa shape index (κ3) is 3.76. The Labute approximate surface area is 154 Å². The number of fused-ring (bicyclic) bond motifs is 1. The maximum atomic E-state index is 12.6. The highest BCUT2D eigenvalue weighted by Gasteiger charge is 2.33. The van der Waals surface area contributed by atoms with Gasteiger partial charge in [0, 0.05) is 12.0 Å². The smallest absolute Gasteiger partial charge is 0.240 e. The average molecular weight is 356 g/mol. The van der Waals surface area contributed by atoms with Gasteiger partial charge in [0.1, 0.15) is 12.4 Å². The van der Waals surface area contributed by atoms with Crippen LogP contribution in [0.2, 0.25) is 0 Å². The van der Waals surface area contributed by atoms with Crippen molar-refractivity contribution in [2.24, 2.45) is 5.41 Å². The average Bonchev–Trinajstić information content (AvgIpc) is 2.96. The largest absolute Gasteiger partial charge is 0.380 e. The molecule has 26 heavy (non-hydrogen) atoms. The lowest BCUT2D eigenvalue weighted by Crippen LogP contribution is -2.49. The summed E-state index contributed by atoms with van der Waals surface area (Å²) in [5.41, 5.74) is 2.09. The molecule has 2 saturated heterocycles. The summed E-state index contributed by atoms with van der Waals surface area (Å²) < 4.78 is 7.35. The van der Waals surface area contributed by atoms with Crippen LogP contribution in [0.1, 0.15) is 32.0 Å². The summed E-state index contributed by atoms with van der Waals surface area (Å²) >= 11 is 0. The van der Waals surface area contributed by atoms with Gasteiger partial charge in [0.25, 0.3) is 0 Å². The molecular weight excluding hydrogens is 328 g/mol. The molecule has 1 amide bonds. The summed E-state index contributed by atoms with van der Waals surface area (Å²) in [6.07, 6.45) is 3.82. The standard InChI is InChI=1S/C20H28N4O2/c1-20(14-26-15-20)13-21-19(25)12-24-17-8-4-3-7-16(17)22-18(24)11-23-9-5-2-6-10-23/h3-4,7-8H,2,5-6,9-15H2,1H3,(H,21,25). The zero-order valence-electron chi connectivity index (χ0n) is 15.5. The van der Waals surface area contributed by atoms with Crippen molar-refractivity contribution < 1.29 is 9.53 Å². The molecule has 0 bridgehead atoms. The molecule has 3 heterocycles. The van der Waals surface area contributed by atoms with E-state index in [1.54, 1.807) is 0 Å². The molecule has 2 aromatic rings. The van der Waals surface area contributed by atoms with E-state index in [1.807, 2.05) is 18.2 Å². The van der Waals surface area contributed by atoms with Crippen molar-refractivity contribution in [1.82, 2.24) is 19.8 Å². The zero-order valence-corrected chi connectivity index (χ0v) is 15.5. The molecule has 2 aliphatic rings. The van der Waals surface area contributed by atoms with Crippen LogP contribution in [0.25, 0.3) is 11.0 Å². The Morgan fingerprint density at radius 1 is 1.23 bits per heavy atom. The molecule has 2 aliphatic heterocycles. The number of nitrogens with zero attached hydrogens (tertiary/aromatic N) is 3. The molecule has 140 valence electrons. The van der Waals surface area contributed by atoms with E-state index in [-0.39, 0.29) is 11.3 Å². The van der Waals surface area contributed by atoms with Crippen LogP contribution in [-0.4, -0.2) is 53.2 Å². The van der Waals surface area contributed by atoms with Gasteiger partial charge in [-0.05, 0) is 38.1 Å². The van der Waals surface area contributed by atoms with E-state index in [1.165, 1.54) is 19.3 Å². The fourth-order valence-corrected chi connectivity index (χ4v) is 3.80. The highest BCUT2D eigenvalue weighted by molar-refractivity contribution is 5.81. The molecule has 0 spiro atoms. The van der Waals surface area contributed by atoms with Crippen molar-refractivity contribution >= 4 is 16.9 Å². The van der Waals surface area contributed by atoms with Crippen LogP contribution in [-0.2, 0) is 22.6 Å². The normalized spacial score (nSPS) is 20.0. The Morgan fingerprint density at radius 3 is 2.73 bits per heavy atom. The van der Waals surface area contributed by atoms with Crippen molar-refractivity contribution in [2.45, 2.75) is 39.3 Å². The molecule has 0 atom stereocenters. The zero-order chi connectivity index (χ0) is 18.0. The predicted octanol–water partition coefficient (Wildman–Crippen LogP) is 2.17. The topological polar surface area (TPSA) is 59.4 Å². The number of para-hydroxylation sites is 2. The van der Waals surface area contributed by atoms with Gasteiger partial charge in [0.2, 0.25) is 5.91 Å². The second kappa shape index (κ2) is 7.37. The van der Waals surface area contributed by atoms with E-state index in [4.69, 9.17) is 9.72 Å². The number of nitrogens with one attached hydrogen (secondary N) is 1. The van der Waals surface area contributed by atoms with E-state index in [9.17, 15) is 4.79 Å². The van der Waals surface area contributed by atoms with E-state index in [0.29, 0.717) is 13.1 Å². The molecule has 4 rings (SSSR count). The van der Waals surface area contributed by atoms with Gasteiger partial charge in [-0.15, -0.1) is 0 Å². The second-order valence-electron chi connectivity index (χ2n) is 8.02. The number of rotatable bonds is 6. The number of aromatic nitrogens is 2. The Balaban J connectivity index is 1.50. The van der Waals surface area contributed by atoms with Gasteiger partial charge in [-0.3, -0.25) is 9.69 Å². The Bertz CT molecular complexity index is 775. The first-order chi connectivity index (χ1) is 12.6. The molecule has 2 fully saturated rings. The van der Waals surface area contributed by atoms with E-state index >= 15 is 0 Å². The first-order valence-corrected chi connectivity index (χ1v) is 9.64. The number of hydrogen-bond acceptors (Lipinski definition) is 4. The number of piperidine rings is 1. The van der Waals surface area contributed by atoms with Crippen LogP contribution in [0.3, 0.4) is 0 Å². The third-order valence-corrected chi connectivity index (χ3v) is 5.46. The van der Waals surface area contributed by atoms with Crippen molar-refractivity contribution in [3.63, 3.8) is 0 Å². The SMILES string of the molecule is CC1(CNC(=O)Cn2c(CN3CCCCC3)nc3ccccc32)COC1. The minimum absolute atomic E-state index is 0.0428.